The summed E-state index contributed by atoms with van der Waals surface area (Å²) < 4.78 is 2.87. The van der Waals surface area contributed by atoms with Crippen LogP contribution in [0.2, 0.25) is 0 Å². The molecule has 3 aromatic carbocycles. The van der Waals surface area contributed by atoms with Crippen LogP contribution in [-0.4, -0.2) is 18.4 Å². The van der Waals surface area contributed by atoms with Crippen molar-refractivity contribution in [1.82, 2.24) is 18.4 Å². The zero-order chi connectivity index (χ0) is 21.9. The van der Waals surface area contributed by atoms with Gasteiger partial charge in [0.25, 0.3) is 11.1 Å². The smallest absolute Gasteiger partial charge is 0.266 e. The summed E-state index contributed by atoms with van der Waals surface area (Å²) in [6, 6.07) is 23.0. The van der Waals surface area contributed by atoms with E-state index in [1.807, 2.05) is 72.8 Å². The van der Waals surface area contributed by atoms with E-state index >= 15 is 0 Å². The minimum Gasteiger partial charge on any atom is -0.266 e. The zero-order valence-corrected chi connectivity index (χ0v) is 18.6. The molecule has 0 spiro atoms. The second-order valence-electron chi connectivity index (χ2n) is 7.18. The van der Waals surface area contributed by atoms with Gasteiger partial charge in [-0.25, -0.2) is 0 Å². The first-order valence-electron chi connectivity index (χ1n) is 9.97. The molecule has 0 unspecified atom stereocenters. The maximum absolute atomic E-state index is 12.6. The van der Waals surface area contributed by atoms with Crippen molar-refractivity contribution < 1.29 is 0 Å². The molecule has 0 fully saturated rings. The Hall–Kier alpha value is -3.36. The van der Waals surface area contributed by atoms with Crippen LogP contribution >= 0.6 is 23.9 Å². The zero-order valence-electron chi connectivity index (χ0n) is 16.9. The van der Waals surface area contributed by atoms with Gasteiger partial charge in [0.15, 0.2) is 0 Å². The first-order chi connectivity index (χ1) is 15.7. The predicted octanol–water partition coefficient (Wildman–Crippen LogP) is 4.50. The first-order valence-corrected chi connectivity index (χ1v) is 11.9. The number of hydrogen-bond donors (Lipinski definition) is 0. The van der Waals surface area contributed by atoms with E-state index in [0.717, 1.165) is 21.9 Å². The highest BCUT2D eigenvalue weighted by molar-refractivity contribution is 7.97. The van der Waals surface area contributed by atoms with Crippen LogP contribution in [0.4, 0.5) is 0 Å². The molecule has 8 heteroatoms. The van der Waals surface area contributed by atoms with Gasteiger partial charge in [-0.1, -0.05) is 60.7 Å². The Balaban J connectivity index is 1.24. The van der Waals surface area contributed by atoms with Gasteiger partial charge in [-0.05, 0) is 47.2 Å². The molecule has 0 aliphatic rings. The van der Waals surface area contributed by atoms with E-state index < -0.39 is 0 Å². The molecule has 32 heavy (non-hydrogen) atoms. The predicted molar refractivity (Wildman–Crippen MR) is 132 cm³/mol. The summed E-state index contributed by atoms with van der Waals surface area (Å²) in [6.45, 7) is 0. The molecule has 158 valence electrons. The molecule has 0 N–H and O–H groups in total. The monoisotopic (exact) mass is 458 g/mol. The normalized spacial score (nSPS) is 11.2. The summed E-state index contributed by atoms with van der Waals surface area (Å²) in [6.07, 6.45) is 3.43. The molecule has 6 nitrogen and oxygen atoms in total. The van der Waals surface area contributed by atoms with Crippen molar-refractivity contribution in [1.29, 1.82) is 0 Å². The highest BCUT2D eigenvalue weighted by atomic mass is 32.2. The van der Waals surface area contributed by atoms with Crippen LogP contribution in [-0.2, 0) is 11.5 Å². The Morgan fingerprint density at radius 1 is 0.594 bits per heavy atom. The van der Waals surface area contributed by atoms with E-state index in [4.69, 9.17) is 0 Å². The molecule has 0 bridgehead atoms. The lowest BCUT2D eigenvalue weighted by Gasteiger charge is -2.07. The van der Waals surface area contributed by atoms with Crippen LogP contribution in [0.5, 0.6) is 0 Å². The van der Waals surface area contributed by atoms with E-state index in [-0.39, 0.29) is 11.1 Å². The molecule has 2 aromatic heterocycles. The van der Waals surface area contributed by atoms with E-state index in [2.05, 4.69) is 10.2 Å². The highest BCUT2D eigenvalue weighted by Crippen LogP contribution is 2.18. The minimum atomic E-state index is -0.102. The van der Waals surface area contributed by atoms with Crippen molar-refractivity contribution in [3.05, 3.63) is 117 Å². The largest absolute Gasteiger partial charge is 0.285 e. The average molecular weight is 459 g/mol. The molecule has 0 amide bonds. The quantitative estimate of drug-likeness (QED) is 0.373. The average Bonchev–Trinajstić information content (AvgIpc) is 2.84. The lowest BCUT2D eigenvalue weighted by Crippen LogP contribution is -2.18. The van der Waals surface area contributed by atoms with Crippen molar-refractivity contribution in [3.63, 3.8) is 0 Å². The third-order valence-electron chi connectivity index (χ3n) is 5.06. The molecule has 2 heterocycles. The van der Waals surface area contributed by atoms with Gasteiger partial charge in [-0.3, -0.25) is 9.59 Å². The van der Waals surface area contributed by atoms with E-state index in [9.17, 15) is 9.59 Å². The SMILES string of the molecule is O=c1c2ccccc2cnn1SCc1ccc(CSn2ncc3ccccc3c2=O)cc1. The lowest BCUT2D eigenvalue weighted by molar-refractivity contribution is 0.933. The topological polar surface area (TPSA) is 69.8 Å². The van der Waals surface area contributed by atoms with Crippen molar-refractivity contribution in [2.45, 2.75) is 11.5 Å². The van der Waals surface area contributed by atoms with Gasteiger partial charge < -0.3 is 0 Å². The van der Waals surface area contributed by atoms with Crippen LogP contribution in [0.3, 0.4) is 0 Å². The first kappa shape index (κ1) is 20.5. The van der Waals surface area contributed by atoms with Crippen LogP contribution in [0.25, 0.3) is 21.5 Å². The highest BCUT2D eigenvalue weighted by Gasteiger charge is 2.06. The summed E-state index contributed by atoms with van der Waals surface area (Å²) in [7, 11) is 0. The van der Waals surface area contributed by atoms with Crippen LogP contribution in [0, 0.1) is 0 Å². The molecule has 0 atom stereocenters. The van der Waals surface area contributed by atoms with E-state index in [1.54, 1.807) is 12.4 Å². The van der Waals surface area contributed by atoms with Gasteiger partial charge in [0.05, 0.1) is 23.2 Å². The third-order valence-corrected chi connectivity index (χ3v) is 7.00. The molecule has 0 aliphatic heterocycles. The van der Waals surface area contributed by atoms with Gasteiger partial charge in [0, 0.05) is 22.3 Å². The standard InChI is InChI=1S/C24H18N4O2S2/c29-23-21-7-3-1-5-19(21)13-25-27(23)31-15-17-9-11-18(12-10-17)16-32-28-24(30)22-8-4-2-6-20(22)14-26-28/h1-14H,15-16H2. The number of aromatic nitrogens is 4. The Kier molecular flexibility index (Phi) is 5.79. The fourth-order valence-corrected chi connectivity index (χ4v) is 4.92. The third kappa shape index (κ3) is 4.19. The number of nitrogens with zero attached hydrogens (tertiary/aromatic N) is 4. The molecule has 0 aliphatic carbocycles. The van der Waals surface area contributed by atoms with E-state index in [1.165, 1.54) is 32.1 Å². The second-order valence-corrected chi connectivity index (χ2v) is 8.97. The molecule has 5 aromatic rings. The number of fused-ring (bicyclic) bond motifs is 2. The summed E-state index contributed by atoms with van der Waals surface area (Å²) in [5.74, 6) is 1.26. The Labute approximate surface area is 192 Å². The van der Waals surface area contributed by atoms with Crippen molar-refractivity contribution in [2.75, 3.05) is 0 Å². The fraction of sp³-hybridized carbons (Fsp3) is 0.0833. The summed E-state index contributed by atoms with van der Waals surface area (Å²) >= 11 is 2.73. The van der Waals surface area contributed by atoms with E-state index in [0.29, 0.717) is 22.3 Å². The van der Waals surface area contributed by atoms with Crippen LogP contribution in [0.1, 0.15) is 11.1 Å². The van der Waals surface area contributed by atoms with Crippen LogP contribution < -0.4 is 11.1 Å². The fourth-order valence-electron chi connectivity index (χ4n) is 3.34. The van der Waals surface area contributed by atoms with Crippen molar-refractivity contribution >= 4 is 45.4 Å². The van der Waals surface area contributed by atoms with Crippen molar-refractivity contribution in [2.24, 2.45) is 0 Å². The van der Waals surface area contributed by atoms with Gasteiger partial charge in [0.1, 0.15) is 0 Å². The van der Waals surface area contributed by atoms with Gasteiger partial charge in [-0.2, -0.15) is 18.4 Å². The molecule has 0 saturated heterocycles. The molecule has 5 rings (SSSR count). The van der Waals surface area contributed by atoms with Gasteiger partial charge >= 0.3 is 0 Å². The van der Waals surface area contributed by atoms with Gasteiger partial charge in [-0.15, -0.1) is 0 Å². The Bertz CT molecular complexity index is 1410. The molecular formula is C24H18N4O2S2. The van der Waals surface area contributed by atoms with Crippen molar-refractivity contribution in [3.8, 4) is 0 Å². The molecule has 0 saturated carbocycles. The summed E-state index contributed by atoms with van der Waals surface area (Å²) in [4.78, 5) is 25.2. The van der Waals surface area contributed by atoms with Crippen LogP contribution in [0.15, 0.2) is 94.8 Å². The van der Waals surface area contributed by atoms with Gasteiger partial charge in [0.2, 0.25) is 0 Å². The number of benzene rings is 3. The summed E-state index contributed by atoms with van der Waals surface area (Å²) in [5.41, 5.74) is 1.97. The molecular weight excluding hydrogens is 440 g/mol. The maximum atomic E-state index is 12.6. The minimum absolute atomic E-state index is 0.102. The lowest BCUT2D eigenvalue weighted by atomic mass is 10.2. The number of hydrogen-bond acceptors (Lipinski definition) is 6. The Morgan fingerprint density at radius 2 is 1.00 bits per heavy atom. The molecule has 0 radical (unpaired) electrons. The maximum Gasteiger partial charge on any atom is 0.285 e. The summed E-state index contributed by atoms with van der Waals surface area (Å²) in [5, 5.41) is 11.5. The Morgan fingerprint density at radius 3 is 1.44 bits per heavy atom. The second kappa shape index (κ2) is 9.02. The number of rotatable bonds is 6.